The van der Waals surface area contributed by atoms with Gasteiger partial charge < -0.3 is 4.98 Å². The molecule has 0 aliphatic carbocycles. The van der Waals surface area contributed by atoms with Crippen LogP contribution >= 0.6 is 0 Å². The van der Waals surface area contributed by atoms with E-state index in [1.54, 1.807) is 48.5 Å². The highest BCUT2D eigenvalue weighted by molar-refractivity contribution is 6.10. The zero-order chi connectivity index (χ0) is 14.8. The standard InChI is InChI=1S/C17H10N2O2/c18-9-12-7-4-8-13-15(12)19-10-14(17(13)21)16(20)11-5-2-1-3-6-11/h1-8,10H,(H,19,21). The molecule has 1 aromatic heterocycles. The molecular formula is C17H10N2O2. The van der Waals surface area contributed by atoms with Crippen LogP contribution < -0.4 is 5.43 Å². The molecule has 4 heteroatoms. The Morgan fingerprint density at radius 2 is 1.81 bits per heavy atom. The first kappa shape index (κ1) is 12.8. The van der Waals surface area contributed by atoms with Crippen LogP contribution in [0.25, 0.3) is 10.9 Å². The molecule has 100 valence electrons. The van der Waals surface area contributed by atoms with Crippen LogP contribution in [-0.4, -0.2) is 10.8 Å². The summed E-state index contributed by atoms with van der Waals surface area (Å²) < 4.78 is 0. The number of hydrogen-bond donors (Lipinski definition) is 1. The highest BCUT2D eigenvalue weighted by Gasteiger charge is 2.15. The second-order valence-electron chi connectivity index (χ2n) is 4.57. The van der Waals surface area contributed by atoms with Gasteiger partial charge in [0.1, 0.15) is 6.07 Å². The topological polar surface area (TPSA) is 73.7 Å². The van der Waals surface area contributed by atoms with E-state index in [4.69, 9.17) is 5.26 Å². The van der Waals surface area contributed by atoms with E-state index in [0.29, 0.717) is 22.0 Å². The van der Waals surface area contributed by atoms with Crippen molar-refractivity contribution in [2.75, 3.05) is 0 Å². The maximum atomic E-state index is 12.5. The second kappa shape index (κ2) is 5.06. The highest BCUT2D eigenvalue weighted by Crippen LogP contribution is 2.14. The quantitative estimate of drug-likeness (QED) is 0.730. The fourth-order valence-electron chi connectivity index (χ4n) is 2.26. The lowest BCUT2D eigenvalue weighted by atomic mass is 10.0. The van der Waals surface area contributed by atoms with Gasteiger partial charge in [-0.2, -0.15) is 5.26 Å². The summed E-state index contributed by atoms with van der Waals surface area (Å²) >= 11 is 0. The van der Waals surface area contributed by atoms with Crippen molar-refractivity contribution in [2.45, 2.75) is 0 Å². The summed E-state index contributed by atoms with van der Waals surface area (Å²) in [6.07, 6.45) is 1.38. The fourth-order valence-corrected chi connectivity index (χ4v) is 2.26. The minimum atomic E-state index is -0.366. The number of para-hydroxylation sites is 1. The monoisotopic (exact) mass is 274 g/mol. The number of rotatable bonds is 2. The van der Waals surface area contributed by atoms with Gasteiger partial charge in [-0.25, -0.2) is 0 Å². The molecule has 4 nitrogen and oxygen atoms in total. The van der Waals surface area contributed by atoms with Crippen molar-refractivity contribution < 1.29 is 4.79 Å². The number of fused-ring (bicyclic) bond motifs is 1. The van der Waals surface area contributed by atoms with Crippen molar-refractivity contribution in [2.24, 2.45) is 0 Å². The molecule has 0 saturated heterocycles. The summed E-state index contributed by atoms with van der Waals surface area (Å²) in [7, 11) is 0. The summed E-state index contributed by atoms with van der Waals surface area (Å²) in [5.41, 5.74) is 0.996. The van der Waals surface area contributed by atoms with Crippen LogP contribution in [0.3, 0.4) is 0 Å². The van der Waals surface area contributed by atoms with E-state index in [1.807, 2.05) is 6.07 Å². The molecule has 0 fully saturated rings. The number of ketones is 1. The van der Waals surface area contributed by atoms with Crippen molar-refractivity contribution in [3.05, 3.63) is 81.6 Å². The maximum absolute atomic E-state index is 12.5. The summed E-state index contributed by atoms with van der Waals surface area (Å²) in [5.74, 6) is -0.332. The summed E-state index contributed by atoms with van der Waals surface area (Å²) in [6, 6.07) is 15.5. The van der Waals surface area contributed by atoms with Gasteiger partial charge in [-0.05, 0) is 12.1 Å². The van der Waals surface area contributed by atoms with Crippen molar-refractivity contribution in [3.63, 3.8) is 0 Å². The van der Waals surface area contributed by atoms with Gasteiger partial charge in [-0.15, -0.1) is 0 Å². The minimum absolute atomic E-state index is 0.0730. The number of pyridine rings is 1. The lowest BCUT2D eigenvalue weighted by molar-refractivity contribution is 0.103. The number of aromatic amines is 1. The Morgan fingerprint density at radius 1 is 1.05 bits per heavy atom. The zero-order valence-corrected chi connectivity index (χ0v) is 11.0. The van der Waals surface area contributed by atoms with Crippen LogP contribution in [0.4, 0.5) is 0 Å². The van der Waals surface area contributed by atoms with E-state index in [1.165, 1.54) is 6.20 Å². The molecule has 21 heavy (non-hydrogen) atoms. The van der Waals surface area contributed by atoms with Crippen LogP contribution in [0.5, 0.6) is 0 Å². The molecule has 1 N–H and O–H groups in total. The van der Waals surface area contributed by atoms with Crippen LogP contribution in [0.15, 0.2) is 59.5 Å². The fraction of sp³-hybridized carbons (Fsp3) is 0. The predicted octanol–water partition coefficient (Wildman–Crippen LogP) is 2.63. The number of nitrogens with zero attached hydrogens (tertiary/aromatic N) is 1. The number of nitriles is 1. The molecule has 0 saturated carbocycles. The molecule has 0 unspecified atom stereocenters. The van der Waals surface area contributed by atoms with Gasteiger partial charge in [0.2, 0.25) is 5.43 Å². The average Bonchev–Trinajstić information content (AvgIpc) is 2.55. The highest BCUT2D eigenvalue weighted by atomic mass is 16.1. The molecule has 0 spiro atoms. The lowest BCUT2D eigenvalue weighted by Crippen LogP contribution is -2.17. The summed E-state index contributed by atoms with van der Waals surface area (Å²) in [6.45, 7) is 0. The first-order chi connectivity index (χ1) is 10.2. The Hall–Kier alpha value is -3.19. The average molecular weight is 274 g/mol. The maximum Gasteiger partial charge on any atom is 0.200 e. The van der Waals surface area contributed by atoms with Crippen LogP contribution in [0.2, 0.25) is 0 Å². The molecular weight excluding hydrogens is 264 g/mol. The Kier molecular flexibility index (Phi) is 3.09. The minimum Gasteiger partial charge on any atom is -0.359 e. The third-order valence-corrected chi connectivity index (χ3v) is 3.32. The molecule has 3 rings (SSSR count). The molecule has 0 atom stereocenters. The number of H-pyrrole nitrogens is 1. The number of carbonyl (C=O) groups excluding carboxylic acids is 1. The van der Waals surface area contributed by atoms with Gasteiger partial charge in [0, 0.05) is 17.1 Å². The normalized spacial score (nSPS) is 10.2. The van der Waals surface area contributed by atoms with Crippen LogP contribution in [0.1, 0.15) is 21.5 Å². The van der Waals surface area contributed by atoms with Gasteiger partial charge in [-0.1, -0.05) is 36.4 Å². The number of aromatic nitrogens is 1. The van der Waals surface area contributed by atoms with Crippen molar-refractivity contribution >= 4 is 16.7 Å². The third kappa shape index (κ3) is 2.11. The lowest BCUT2D eigenvalue weighted by Gasteiger charge is -2.04. The number of nitrogens with one attached hydrogen (secondary N) is 1. The zero-order valence-electron chi connectivity index (χ0n) is 11.0. The largest absolute Gasteiger partial charge is 0.359 e. The van der Waals surface area contributed by atoms with Gasteiger partial charge in [0.05, 0.1) is 16.6 Å². The molecule has 0 bridgehead atoms. The smallest absolute Gasteiger partial charge is 0.200 e. The second-order valence-corrected chi connectivity index (χ2v) is 4.57. The molecule has 0 radical (unpaired) electrons. The SMILES string of the molecule is N#Cc1cccc2c(=O)c(C(=O)c3ccccc3)c[nH]c12. The van der Waals surface area contributed by atoms with Gasteiger partial charge in [0.15, 0.2) is 5.78 Å². The Bertz CT molecular complexity index is 934. The number of hydrogen-bond acceptors (Lipinski definition) is 3. The van der Waals surface area contributed by atoms with Crippen molar-refractivity contribution in [3.8, 4) is 6.07 Å². The number of carbonyl (C=O) groups is 1. The molecule has 2 aromatic carbocycles. The van der Waals surface area contributed by atoms with E-state index in [0.717, 1.165) is 0 Å². The first-order valence-electron chi connectivity index (χ1n) is 6.36. The summed E-state index contributed by atoms with van der Waals surface area (Å²) in [5, 5.41) is 9.39. The van der Waals surface area contributed by atoms with Gasteiger partial charge in [-0.3, -0.25) is 9.59 Å². The Morgan fingerprint density at radius 3 is 2.52 bits per heavy atom. The van der Waals surface area contributed by atoms with E-state index < -0.39 is 0 Å². The van der Waals surface area contributed by atoms with Crippen molar-refractivity contribution in [1.29, 1.82) is 5.26 Å². The Labute approximate surface area is 120 Å². The third-order valence-electron chi connectivity index (χ3n) is 3.32. The molecule has 0 aliphatic heterocycles. The Balaban J connectivity index is 2.23. The van der Waals surface area contributed by atoms with Gasteiger partial charge in [0.25, 0.3) is 0 Å². The van der Waals surface area contributed by atoms with E-state index in [9.17, 15) is 9.59 Å². The molecule has 3 aromatic rings. The van der Waals surface area contributed by atoms with Crippen molar-refractivity contribution in [1.82, 2.24) is 4.98 Å². The predicted molar refractivity (Wildman–Crippen MR) is 79.2 cm³/mol. The van der Waals surface area contributed by atoms with E-state index >= 15 is 0 Å². The first-order valence-corrected chi connectivity index (χ1v) is 6.36. The van der Waals surface area contributed by atoms with Crippen LogP contribution in [0, 0.1) is 11.3 Å². The molecule has 0 aliphatic rings. The number of benzene rings is 2. The van der Waals surface area contributed by atoms with E-state index in [2.05, 4.69) is 4.98 Å². The van der Waals surface area contributed by atoms with Crippen LogP contribution in [-0.2, 0) is 0 Å². The molecule has 0 amide bonds. The molecule has 1 heterocycles. The summed E-state index contributed by atoms with van der Waals surface area (Å²) in [4.78, 5) is 27.7. The van der Waals surface area contributed by atoms with E-state index in [-0.39, 0.29) is 16.8 Å². The van der Waals surface area contributed by atoms with Gasteiger partial charge >= 0.3 is 0 Å².